The zero-order valence-corrected chi connectivity index (χ0v) is 13.9. The first kappa shape index (κ1) is 15.5. The van der Waals surface area contributed by atoms with Crippen LogP contribution in [0.15, 0.2) is 41.1 Å². The predicted molar refractivity (Wildman–Crippen MR) is 91.7 cm³/mol. The molecule has 1 aromatic heterocycles. The highest BCUT2D eigenvalue weighted by Gasteiger charge is 2.24. The Hall–Kier alpha value is -1.36. The van der Waals surface area contributed by atoms with Gasteiger partial charge in [-0.15, -0.1) is 0 Å². The number of amides is 1. The van der Waals surface area contributed by atoms with Gasteiger partial charge in [0.2, 0.25) is 0 Å². The van der Waals surface area contributed by atoms with Gasteiger partial charge in [-0.05, 0) is 60.5 Å². The molecular weight excluding hydrogens is 316 g/mol. The topological polar surface area (TPSA) is 32.3 Å². The molecule has 1 aliphatic heterocycles. The Morgan fingerprint density at radius 3 is 2.73 bits per heavy atom. The van der Waals surface area contributed by atoms with Gasteiger partial charge in [-0.3, -0.25) is 9.69 Å². The van der Waals surface area contributed by atoms with Crippen LogP contribution in [-0.4, -0.2) is 30.4 Å². The monoisotopic (exact) mass is 334 g/mol. The molecule has 1 saturated heterocycles. The summed E-state index contributed by atoms with van der Waals surface area (Å²) in [5.74, 6) is -0.106. The van der Waals surface area contributed by atoms with E-state index in [1.807, 2.05) is 12.1 Å². The molecule has 1 amide bonds. The molecule has 1 aliphatic rings. The number of halogens is 1. The molecule has 1 unspecified atom stereocenters. The summed E-state index contributed by atoms with van der Waals surface area (Å²) >= 11 is 7.79. The Labute approximate surface area is 139 Å². The number of rotatable bonds is 5. The van der Waals surface area contributed by atoms with Crippen LogP contribution in [0.5, 0.6) is 0 Å². The van der Waals surface area contributed by atoms with Crippen LogP contribution in [0.2, 0.25) is 5.02 Å². The van der Waals surface area contributed by atoms with Gasteiger partial charge >= 0.3 is 0 Å². The fourth-order valence-electron chi connectivity index (χ4n) is 2.91. The first-order valence-electron chi connectivity index (χ1n) is 7.54. The van der Waals surface area contributed by atoms with E-state index >= 15 is 0 Å². The number of nitrogens with zero attached hydrogens (tertiary/aromatic N) is 1. The third-order valence-corrected chi connectivity index (χ3v) is 5.11. The molecule has 1 N–H and O–H groups in total. The third kappa shape index (κ3) is 3.51. The van der Waals surface area contributed by atoms with E-state index in [9.17, 15) is 4.79 Å². The average Bonchev–Trinajstić information content (AvgIpc) is 3.21. The molecule has 0 saturated carbocycles. The highest BCUT2D eigenvalue weighted by atomic mass is 35.5. The number of thiophene rings is 1. The van der Waals surface area contributed by atoms with E-state index in [-0.39, 0.29) is 11.9 Å². The molecule has 2 aromatic rings. The molecule has 5 heteroatoms. The Bertz CT molecular complexity index is 623. The molecule has 2 heterocycles. The Balaban J connectivity index is 1.69. The zero-order valence-electron chi connectivity index (χ0n) is 12.3. The van der Waals surface area contributed by atoms with Crippen molar-refractivity contribution in [2.75, 3.05) is 19.6 Å². The minimum atomic E-state index is -0.106. The summed E-state index contributed by atoms with van der Waals surface area (Å²) in [6.45, 7) is 2.81. The minimum Gasteiger partial charge on any atom is -0.350 e. The fourth-order valence-corrected chi connectivity index (χ4v) is 3.83. The summed E-state index contributed by atoms with van der Waals surface area (Å²) in [6.07, 6.45) is 2.47. The van der Waals surface area contributed by atoms with Gasteiger partial charge in [0.1, 0.15) is 0 Å². The van der Waals surface area contributed by atoms with E-state index in [0.29, 0.717) is 17.1 Å². The minimum absolute atomic E-state index is 0.106. The second kappa shape index (κ2) is 7.27. The van der Waals surface area contributed by atoms with Crippen molar-refractivity contribution in [1.82, 2.24) is 10.2 Å². The summed E-state index contributed by atoms with van der Waals surface area (Å²) in [5, 5.41) is 7.80. The van der Waals surface area contributed by atoms with Crippen LogP contribution in [0.3, 0.4) is 0 Å². The normalized spacial score (nSPS) is 16.6. The zero-order chi connectivity index (χ0) is 15.4. The van der Waals surface area contributed by atoms with Crippen molar-refractivity contribution < 1.29 is 4.79 Å². The molecule has 1 aromatic carbocycles. The van der Waals surface area contributed by atoms with Gasteiger partial charge in [0.05, 0.1) is 16.6 Å². The molecule has 116 valence electrons. The van der Waals surface area contributed by atoms with Gasteiger partial charge in [0.15, 0.2) is 0 Å². The van der Waals surface area contributed by atoms with E-state index in [2.05, 4.69) is 27.0 Å². The van der Waals surface area contributed by atoms with E-state index in [0.717, 1.165) is 13.1 Å². The third-order valence-electron chi connectivity index (χ3n) is 4.08. The van der Waals surface area contributed by atoms with E-state index in [4.69, 9.17) is 11.6 Å². The average molecular weight is 335 g/mol. The van der Waals surface area contributed by atoms with Crippen molar-refractivity contribution in [2.24, 2.45) is 0 Å². The lowest BCUT2D eigenvalue weighted by atomic mass is 10.1. The van der Waals surface area contributed by atoms with Crippen molar-refractivity contribution >= 4 is 28.8 Å². The van der Waals surface area contributed by atoms with E-state index in [1.165, 1.54) is 18.4 Å². The Kier molecular flexibility index (Phi) is 5.13. The van der Waals surface area contributed by atoms with Crippen LogP contribution in [0.1, 0.15) is 34.8 Å². The molecule has 0 spiro atoms. The Morgan fingerprint density at radius 2 is 2.05 bits per heavy atom. The maximum Gasteiger partial charge on any atom is 0.252 e. The Morgan fingerprint density at radius 1 is 1.27 bits per heavy atom. The van der Waals surface area contributed by atoms with Crippen LogP contribution in [0, 0.1) is 0 Å². The van der Waals surface area contributed by atoms with Gasteiger partial charge in [-0.1, -0.05) is 23.7 Å². The lowest BCUT2D eigenvalue weighted by Crippen LogP contribution is -2.36. The van der Waals surface area contributed by atoms with Gasteiger partial charge in [0, 0.05) is 6.54 Å². The number of nitrogens with one attached hydrogen (secondary N) is 1. The number of carbonyl (C=O) groups is 1. The second-order valence-corrected chi connectivity index (χ2v) is 6.69. The molecule has 1 atom stereocenters. The van der Waals surface area contributed by atoms with Crippen molar-refractivity contribution in [3.63, 3.8) is 0 Å². The lowest BCUT2D eigenvalue weighted by molar-refractivity contribution is 0.0938. The second-order valence-electron chi connectivity index (χ2n) is 5.51. The van der Waals surface area contributed by atoms with Crippen molar-refractivity contribution in [3.05, 3.63) is 57.2 Å². The van der Waals surface area contributed by atoms with Crippen molar-refractivity contribution in [3.8, 4) is 0 Å². The summed E-state index contributed by atoms with van der Waals surface area (Å²) < 4.78 is 0. The molecule has 3 rings (SSSR count). The van der Waals surface area contributed by atoms with Gasteiger partial charge in [-0.25, -0.2) is 0 Å². The first-order chi connectivity index (χ1) is 10.8. The number of hydrogen-bond acceptors (Lipinski definition) is 3. The molecule has 0 bridgehead atoms. The van der Waals surface area contributed by atoms with Crippen LogP contribution in [0.4, 0.5) is 0 Å². The van der Waals surface area contributed by atoms with Gasteiger partial charge < -0.3 is 5.32 Å². The molecule has 0 aliphatic carbocycles. The SMILES string of the molecule is O=C(NCC(c1ccsc1)N1CCCC1)c1ccccc1Cl. The summed E-state index contributed by atoms with van der Waals surface area (Å²) in [7, 11) is 0. The van der Waals surface area contributed by atoms with Crippen LogP contribution >= 0.6 is 22.9 Å². The summed E-state index contributed by atoms with van der Waals surface area (Å²) in [4.78, 5) is 14.8. The molecule has 0 radical (unpaired) electrons. The molecule has 22 heavy (non-hydrogen) atoms. The summed E-state index contributed by atoms with van der Waals surface area (Å²) in [5.41, 5.74) is 1.82. The van der Waals surface area contributed by atoms with E-state index in [1.54, 1.807) is 23.5 Å². The number of likely N-dealkylation sites (tertiary alicyclic amines) is 1. The van der Waals surface area contributed by atoms with Crippen LogP contribution in [-0.2, 0) is 0 Å². The smallest absolute Gasteiger partial charge is 0.252 e. The lowest BCUT2D eigenvalue weighted by Gasteiger charge is -2.27. The number of hydrogen-bond donors (Lipinski definition) is 1. The molecular formula is C17H19ClN2OS. The highest BCUT2D eigenvalue weighted by Crippen LogP contribution is 2.26. The van der Waals surface area contributed by atoms with Gasteiger partial charge in [0.25, 0.3) is 5.91 Å². The highest BCUT2D eigenvalue weighted by molar-refractivity contribution is 7.07. The fraction of sp³-hybridized carbons (Fsp3) is 0.353. The summed E-state index contributed by atoms with van der Waals surface area (Å²) in [6, 6.07) is 9.56. The molecule has 3 nitrogen and oxygen atoms in total. The largest absolute Gasteiger partial charge is 0.350 e. The number of benzene rings is 1. The number of carbonyl (C=O) groups excluding carboxylic acids is 1. The van der Waals surface area contributed by atoms with Crippen LogP contribution in [0.25, 0.3) is 0 Å². The van der Waals surface area contributed by atoms with Crippen LogP contribution < -0.4 is 5.32 Å². The predicted octanol–water partition coefficient (Wildman–Crippen LogP) is 3.97. The molecule has 1 fully saturated rings. The standard InChI is InChI=1S/C17H19ClN2OS/c18-15-6-2-1-5-14(15)17(21)19-11-16(13-7-10-22-12-13)20-8-3-4-9-20/h1-2,5-7,10,12,16H,3-4,8-9,11H2,(H,19,21). The van der Waals surface area contributed by atoms with Crippen molar-refractivity contribution in [2.45, 2.75) is 18.9 Å². The quantitative estimate of drug-likeness (QED) is 0.897. The maximum absolute atomic E-state index is 12.3. The van der Waals surface area contributed by atoms with E-state index < -0.39 is 0 Å². The van der Waals surface area contributed by atoms with Crippen molar-refractivity contribution in [1.29, 1.82) is 0 Å². The van der Waals surface area contributed by atoms with Gasteiger partial charge in [-0.2, -0.15) is 11.3 Å². The first-order valence-corrected chi connectivity index (χ1v) is 8.86. The maximum atomic E-state index is 12.3.